The zero-order valence-electron chi connectivity index (χ0n) is 12.8. The number of benzene rings is 1. The van der Waals surface area contributed by atoms with Gasteiger partial charge in [0, 0.05) is 10.5 Å². The van der Waals surface area contributed by atoms with Crippen molar-refractivity contribution in [1.82, 2.24) is 0 Å². The molecule has 112 valence electrons. The molecule has 3 heteroatoms. The predicted molar refractivity (Wildman–Crippen MR) is 88.0 cm³/mol. The summed E-state index contributed by atoms with van der Waals surface area (Å²) in [6, 6.07) is 6.27. The minimum Gasteiger partial charge on any atom is -0.494 e. The molecule has 1 saturated carbocycles. The Morgan fingerprint density at radius 1 is 1.40 bits per heavy atom. The van der Waals surface area contributed by atoms with E-state index in [1.165, 1.54) is 31.2 Å². The van der Waals surface area contributed by atoms with E-state index >= 15 is 0 Å². The SMILES string of the molecule is CCOc1ccc(C(N)C2CCCCC2(C)C)c(Br)c1. The molecule has 0 aromatic heterocycles. The molecule has 0 amide bonds. The molecule has 0 aliphatic heterocycles. The second-order valence-corrected chi connectivity index (χ2v) is 7.34. The molecule has 0 spiro atoms. The Balaban J connectivity index is 2.22. The van der Waals surface area contributed by atoms with Crippen LogP contribution in [0.1, 0.15) is 58.1 Å². The fraction of sp³-hybridized carbons (Fsp3) is 0.647. The van der Waals surface area contributed by atoms with E-state index in [-0.39, 0.29) is 6.04 Å². The maximum atomic E-state index is 6.60. The maximum Gasteiger partial charge on any atom is 0.120 e. The van der Waals surface area contributed by atoms with Crippen molar-refractivity contribution in [3.05, 3.63) is 28.2 Å². The average Bonchev–Trinajstić information content (AvgIpc) is 2.38. The summed E-state index contributed by atoms with van der Waals surface area (Å²) >= 11 is 3.66. The van der Waals surface area contributed by atoms with Crippen molar-refractivity contribution in [2.24, 2.45) is 17.1 Å². The lowest BCUT2D eigenvalue weighted by Gasteiger charge is -2.42. The summed E-state index contributed by atoms with van der Waals surface area (Å²) in [6.07, 6.45) is 5.14. The molecule has 1 aliphatic rings. The first kappa shape index (κ1) is 15.8. The van der Waals surface area contributed by atoms with Gasteiger partial charge in [0.1, 0.15) is 5.75 Å². The number of nitrogens with two attached hydrogens (primary N) is 1. The van der Waals surface area contributed by atoms with Crippen LogP contribution in [0.5, 0.6) is 5.75 Å². The van der Waals surface area contributed by atoms with Crippen molar-refractivity contribution in [3.63, 3.8) is 0 Å². The molecule has 1 aromatic rings. The first-order chi connectivity index (χ1) is 9.45. The lowest BCUT2D eigenvalue weighted by molar-refractivity contribution is 0.112. The van der Waals surface area contributed by atoms with Crippen molar-refractivity contribution in [2.45, 2.75) is 52.5 Å². The predicted octanol–water partition coefficient (Wildman–Crippen LogP) is 5.06. The van der Waals surface area contributed by atoms with Crippen molar-refractivity contribution < 1.29 is 4.74 Å². The normalized spacial score (nSPS) is 23.4. The minimum atomic E-state index is 0.0929. The molecule has 2 atom stereocenters. The van der Waals surface area contributed by atoms with Crippen LogP contribution in [0.3, 0.4) is 0 Å². The Bertz CT molecular complexity index is 458. The van der Waals surface area contributed by atoms with Crippen molar-refractivity contribution in [1.29, 1.82) is 0 Å². The molecular weight excluding hydrogens is 314 g/mol. The van der Waals surface area contributed by atoms with Crippen LogP contribution in [0.15, 0.2) is 22.7 Å². The van der Waals surface area contributed by atoms with E-state index in [0.29, 0.717) is 17.9 Å². The van der Waals surface area contributed by atoms with Crippen LogP contribution in [-0.2, 0) is 0 Å². The first-order valence-corrected chi connectivity index (χ1v) is 8.43. The molecule has 20 heavy (non-hydrogen) atoms. The van der Waals surface area contributed by atoms with Gasteiger partial charge in [-0.2, -0.15) is 0 Å². The third kappa shape index (κ3) is 3.37. The van der Waals surface area contributed by atoms with E-state index in [1.54, 1.807) is 0 Å². The topological polar surface area (TPSA) is 35.2 Å². The highest BCUT2D eigenvalue weighted by Gasteiger charge is 2.37. The summed E-state index contributed by atoms with van der Waals surface area (Å²) < 4.78 is 6.60. The number of hydrogen-bond donors (Lipinski definition) is 1. The summed E-state index contributed by atoms with van der Waals surface area (Å²) in [5.74, 6) is 1.45. The van der Waals surface area contributed by atoms with Gasteiger partial charge < -0.3 is 10.5 Å². The number of hydrogen-bond acceptors (Lipinski definition) is 2. The van der Waals surface area contributed by atoms with Crippen LogP contribution in [0, 0.1) is 11.3 Å². The fourth-order valence-electron chi connectivity index (χ4n) is 3.44. The Labute approximate surface area is 131 Å². The van der Waals surface area contributed by atoms with Gasteiger partial charge in [0.2, 0.25) is 0 Å². The van der Waals surface area contributed by atoms with Crippen LogP contribution >= 0.6 is 15.9 Å². The van der Waals surface area contributed by atoms with E-state index in [0.717, 1.165) is 10.2 Å². The van der Waals surface area contributed by atoms with E-state index in [1.807, 2.05) is 19.1 Å². The van der Waals surface area contributed by atoms with Crippen LogP contribution < -0.4 is 10.5 Å². The van der Waals surface area contributed by atoms with Crippen LogP contribution in [0.2, 0.25) is 0 Å². The monoisotopic (exact) mass is 339 g/mol. The quantitative estimate of drug-likeness (QED) is 0.831. The lowest BCUT2D eigenvalue weighted by atomic mass is 9.65. The van der Waals surface area contributed by atoms with Crippen LogP contribution in [-0.4, -0.2) is 6.61 Å². The summed E-state index contributed by atoms with van der Waals surface area (Å²) in [5.41, 5.74) is 8.13. The van der Waals surface area contributed by atoms with Crippen molar-refractivity contribution in [3.8, 4) is 5.75 Å². The summed E-state index contributed by atoms with van der Waals surface area (Å²) in [6.45, 7) is 7.41. The Hall–Kier alpha value is -0.540. The fourth-order valence-corrected chi connectivity index (χ4v) is 4.06. The number of rotatable bonds is 4. The maximum absolute atomic E-state index is 6.60. The van der Waals surface area contributed by atoms with E-state index in [4.69, 9.17) is 10.5 Å². The lowest BCUT2D eigenvalue weighted by Crippen LogP contribution is -2.36. The van der Waals surface area contributed by atoms with Gasteiger partial charge in [0.25, 0.3) is 0 Å². The second-order valence-electron chi connectivity index (χ2n) is 6.48. The summed E-state index contributed by atoms with van der Waals surface area (Å²) in [4.78, 5) is 0. The van der Waals surface area contributed by atoms with Crippen molar-refractivity contribution in [2.75, 3.05) is 6.61 Å². The smallest absolute Gasteiger partial charge is 0.120 e. The first-order valence-electron chi connectivity index (χ1n) is 7.63. The summed E-state index contributed by atoms with van der Waals surface area (Å²) in [5, 5.41) is 0. The van der Waals surface area contributed by atoms with Crippen molar-refractivity contribution >= 4 is 15.9 Å². The van der Waals surface area contributed by atoms with Gasteiger partial charge in [-0.1, -0.05) is 48.7 Å². The minimum absolute atomic E-state index is 0.0929. The van der Waals surface area contributed by atoms with Gasteiger partial charge in [-0.15, -0.1) is 0 Å². The molecule has 2 nitrogen and oxygen atoms in total. The molecule has 2 rings (SSSR count). The number of halogens is 1. The third-order valence-electron chi connectivity index (χ3n) is 4.67. The molecule has 0 bridgehead atoms. The average molecular weight is 340 g/mol. The molecule has 1 aliphatic carbocycles. The Morgan fingerprint density at radius 2 is 2.15 bits per heavy atom. The molecule has 0 saturated heterocycles. The Morgan fingerprint density at radius 3 is 2.75 bits per heavy atom. The van der Waals surface area contributed by atoms with Gasteiger partial charge in [0.15, 0.2) is 0 Å². The van der Waals surface area contributed by atoms with Crippen LogP contribution in [0.4, 0.5) is 0 Å². The van der Waals surface area contributed by atoms with Gasteiger partial charge in [-0.25, -0.2) is 0 Å². The van der Waals surface area contributed by atoms with Crippen LogP contribution in [0.25, 0.3) is 0 Å². The van der Waals surface area contributed by atoms with Gasteiger partial charge in [-0.3, -0.25) is 0 Å². The van der Waals surface area contributed by atoms with E-state index in [9.17, 15) is 0 Å². The second kappa shape index (κ2) is 6.48. The van der Waals surface area contributed by atoms with E-state index in [2.05, 4.69) is 35.8 Å². The molecule has 1 aromatic carbocycles. The van der Waals surface area contributed by atoms with Gasteiger partial charge in [-0.05, 0) is 48.8 Å². The highest BCUT2D eigenvalue weighted by atomic mass is 79.9. The molecule has 2 N–H and O–H groups in total. The molecule has 2 unspecified atom stereocenters. The highest BCUT2D eigenvalue weighted by Crippen LogP contribution is 2.47. The standard InChI is InChI=1S/C17H26BrNO/c1-4-20-12-8-9-13(15(18)11-12)16(19)14-7-5-6-10-17(14,2)3/h8-9,11,14,16H,4-7,10,19H2,1-3H3. The zero-order valence-corrected chi connectivity index (χ0v) is 14.4. The van der Waals surface area contributed by atoms with E-state index < -0.39 is 0 Å². The van der Waals surface area contributed by atoms with Gasteiger partial charge >= 0.3 is 0 Å². The third-order valence-corrected chi connectivity index (χ3v) is 5.35. The zero-order chi connectivity index (χ0) is 14.8. The number of ether oxygens (including phenoxy) is 1. The Kier molecular flexibility index (Phi) is 5.14. The molecular formula is C17H26BrNO. The highest BCUT2D eigenvalue weighted by molar-refractivity contribution is 9.10. The molecule has 0 heterocycles. The summed E-state index contributed by atoms with van der Waals surface area (Å²) in [7, 11) is 0. The molecule has 1 fully saturated rings. The largest absolute Gasteiger partial charge is 0.494 e. The van der Waals surface area contributed by atoms with Gasteiger partial charge in [0.05, 0.1) is 6.61 Å². The molecule has 0 radical (unpaired) electrons.